The number of nitrogens with zero attached hydrogens (tertiary/aromatic N) is 6. The summed E-state index contributed by atoms with van der Waals surface area (Å²) in [6, 6.07) is 0.465. The van der Waals surface area contributed by atoms with Gasteiger partial charge in [-0.15, -0.1) is 0 Å². The molecule has 3 aromatic heterocycles. The molecule has 2 fully saturated rings. The molecule has 2 aliphatic rings. The molecule has 0 amide bonds. The Morgan fingerprint density at radius 1 is 1.16 bits per heavy atom. The minimum absolute atomic E-state index is 0.415. The van der Waals surface area contributed by atoms with E-state index in [0.29, 0.717) is 12.0 Å². The van der Waals surface area contributed by atoms with Gasteiger partial charge in [0.1, 0.15) is 0 Å². The maximum absolute atomic E-state index is 4.96. The molecule has 2 aliphatic heterocycles. The van der Waals surface area contributed by atoms with Crippen molar-refractivity contribution in [3.63, 3.8) is 0 Å². The summed E-state index contributed by atoms with van der Waals surface area (Å²) in [6.07, 6.45) is 9.37. The molecule has 7 heteroatoms. The molecule has 130 valence electrons. The van der Waals surface area contributed by atoms with Crippen molar-refractivity contribution in [3.8, 4) is 11.3 Å². The highest BCUT2D eigenvalue weighted by Crippen LogP contribution is 2.30. The zero-order valence-corrected chi connectivity index (χ0v) is 14.7. The average molecular weight is 337 g/mol. The fourth-order valence-corrected chi connectivity index (χ4v) is 3.43. The monoisotopic (exact) mass is 337 g/mol. The van der Waals surface area contributed by atoms with E-state index in [4.69, 9.17) is 4.98 Å². The van der Waals surface area contributed by atoms with E-state index in [1.54, 1.807) is 0 Å². The van der Waals surface area contributed by atoms with Gasteiger partial charge >= 0.3 is 0 Å². The second-order valence-electron chi connectivity index (χ2n) is 7.34. The molecule has 0 aromatic carbocycles. The lowest BCUT2D eigenvalue weighted by atomic mass is 10.1. The van der Waals surface area contributed by atoms with Crippen molar-refractivity contribution in [1.82, 2.24) is 29.5 Å². The van der Waals surface area contributed by atoms with E-state index in [1.165, 1.54) is 12.1 Å². The van der Waals surface area contributed by atoms with E-state index in [2.05, 4.69) is 55.6 Å². The Morgan fingerprint density at radius 3 is 2.64 bits per heavy atom. The summed E-state index contributed by atoms with van der Waals surface area (Å²) in [4.78, 5) is 11.9. The number of aromatic nitrogens is 5. The Balaban J connectivity index is 1.64. The fraction of sp³-hybridized carbons (Fsp3) is 0.500. The van der Waals surface area contributed by atoms with Crippen molar-refractivity contribution >= 4 is 11.5 Å². The van der Waals surface area contributed by atoms with Crippen LogP contribution in [0.5, 0.6) is 0 Å². The zero-order valence-electron chi connectivity index (χ0n) is 14.7. The predicted molar refractivity (Wildman–Crippen MR) is 97.0 cm³/mol. The quantitative estimate of drug-likeness (QED) is 0.790. The molecule has 0 atom stereocenters. The molecule has 0 bridgehead atoms. The second kappa shape index (κ2) is 5.56. The molecule has 1 N–H and O–H groups in total. The van der Waals surface area contributed by atoms with Crippen molar-refractivity contribution in [3.05, 3.63) is 30.5 Å². The minimum Gasteiger partial charge on any atom is -0.353 e. The van der Waals surface area contributed by atoms with Gasteiger partial charge < -0.3 is 10.2 Å². The van der Waals surface area contributed by atoms with Crippen LogP contribution in [0, 0.1) is 0 Å². The zero-order chi connectivity index (χ0) is 17.0. The normalized spacial score (nSPS) is 18.0. The fourth-order valence-electron chi connectivity index (χ4n) is 3.43. The molecule has 0 radical (unpaired) electrons. The third kappa shape index (κ3) is 2.33. The van der Waals surface area contributed by atoms with Crippen LogP contribution in [0.2, 0.25) is 0 Å². The highest BCUT2D eigenvalue weighted by Gasteiger charge is 2.24. The Labute approximate surface area is 146 Å². The maximum atomic E-state index is 4.96. The molecule has 0 aliphatic carbocycles. The van der Waals surface area contributed by atoms with Crippen LogP contribution in [0.25, 0.3) is 16.9 Å². The summed E-state index contributed by atoms with van der Waals surface area (Å²) in [7, 11) is 0. The second-order valence-corrected chi connectivity index (χ2v) is 7.34. The van der Waals surface area contributed by atoms with Gasteiger partial charge in [-0.25, -0.2) is 9.97 Å². The first kappa shape index (κ1) is 14.9. The van der Waals surface area contributed by atoms with Crippen LogP contribution in [-0.2, 0) is 0 Å². The van der Waals surface area contributed by atoms with Gasteiger partial charge in [0.2, 0.25) is 0 Å². The van der Waals surface area contributed by atoms with Crippen LogP contribution in [0.4, 0.5) is 5.82 Å². The van der Waals surface area contributed by atoms with E-state index in [1.807, 2.05) is 12.4 Å². The molecule has 25 heavy (non-hydrogen) atoms. The average Bonchev–Trinajstić information content (AvgIpc) is 3.10. The van der Waals surface area contributed by atoms with Crippen LogP contribution in [0.15, 0.2) is 24.8 Å². The Hall–Kier alpha value is -2.41. The number of hydrogen-bond donors (Lipinski definition) is 1. The summed E-state index contributed by atoms with van der Waals surface area (Å²) in [6.45, 7) is 8.51. The first-order valence-electron chi connectivity index (χ1n) is 9.09. The standard InChI is InChI=1S/C18H23N7/c1-12(2)16-9-20-17-18(23-4-3-5-23)22-15(11-24(16)17)13-6-21-25(10-13)14-7-19-8-14/h6,9-12,14,19H,3-5,7-8H2,1-2H3. The first-order chi connectivity index (χ1) is 12.2. The smallest absolute Gasteiger partial charge is 0.180 e. The molecule has 7 nitrogen and oxygen atoms in total. The lowest BCUT2D eigenvalue weighted by Crippen LogP contribution is -2.43. The lowest BCUT2D eigenvalue weighted by molar-refractivity contribution is 0.318. The van der Waals surface area contributed by atoms with Gasteiger partial charge in [-0.2, -0.15) is 5.10 Å². The number of imidazole rings is 1. The van der Waals surface area contributed by atoms with Crippen molar-refractivity contribution in [2.45, 2.75) is 32.2 Å². The third-order valence-electron chi connectivity index (χ3n) is 5.28. The van der Waals surface area contributed by atoms with Gasteiger partial charge in [0, 0.05) is 56.0 Å². The molecule has 5 heterocycles. The molecular weight excluding hydrogens is 314 g/mol. The third-order valence-corrected chi connectivity index (χ3v) is 5.28. The summed E-state index contributed by atoms with van der Waals surface area (Å²) in [5, 5.41) is 7.84. The van der Waals surface area contributed by atoms with E-state index in [9.17, 15) is 0 Å². The van der Waals surface area contributed by atoms with Gasteiger partial charge in [-0.3, -0.25) is 9.08 Å². The predicted octanol–water partition coefficient (Wildman–Crippen LogP) is 2.07. The van der Waals surface area contributed by atoms with Crippen molar-refractivity contribution in [2.75, 3.05) is 31.1 Å². The molecular formula is C18H23N7. The molecule has 0 saturated carbocycles. The lowest BCUT2D eigenvalue weighted by Gasteiger charge is -2.32. The summed E-state index contributed by atoms with van der Waals surface area (Å²) in [5.74, 6) is 1.41. The van der Waals surface area contributed by atoms with Crippen LogP contribution in [-0.4, -0.2) is 50.3 Å². The number of nitrogens with one attached hydrogen (secondary N) is 1. The van der Waals surface area contributed by atoms with Gasteiger partial charge in [0.05, 0.1) is 17.9 Å². The van der Waals surface area contributed by atoms with Gasteiger partial charge in [0.15, 0.2) is 11.5 Å². The minimum atomic E-state index is 0.415. The molecule has 0 spiro atoms. The van der Waals surface area contributed by atoms with Gasteiger partial charge in [0.25, 0.3) is 0 Å². The largest absolute Gasteiger partial charge is 0.353 e. The van der Waals surface area contributed by atoms with Crippen molar-refractivity contribution in [2.24, 2.45) is 0 Å². The first-order valence-corrected chi connectivity index (χ1v) is 9.09. The summed E-state index contributed by atoms with van der Waals surface area (Å²) >= 11 is 0. The van der Waals surface area contributed by atoms with Crippen molar-refractivity contribution in [1.29, 1.82) is 0 Å². The highest BCUT2D eigenvalue weighted by atomic mass is 15.3. The van der Waals surface area contributed by atoms with Crippen LogP contribution >= 0.6 is 0 Å². The molecule has 3 aromatic rings. The summed E-state index contributed by atoms with van der Waals surface area (Å²) in [5.41, 5.74) is 4.21. The van der Waals surface area contributed by atoms with Crippen LogP contribution < -0.4 is 10.2 Å². The molecule has 0 unspecified atom stereocenters. The summed E-state index contributed by atoms with van der Waals surface area (Å²) < 4.78 is 4.27. The Kier molecular flexibility index (Phi) is 3.31. The molecule has 5 rings (SSSR count). The van der Waals surface area contributed by atoms with E-state index in [-0.39, 0.29) is 0 Å². The van der Waals surface area contributed by atoms with Gasteiger partial charge in [-0.05, 0) is 12.3 Å². The Bertz CT molecular complexity index is 915. The highest BCUT2D eigenvalue weighted by molar-refractivity contribution is 5.71. The number of anilines is 1. The maximum Gasteiger partial charge on any atom is 0.180 e. The van der Waals surface area contributed by atoms with E-state index >= 15 is 0 Å². The molecule has 2 saturated heterocycles. The number of fused-ring (bicyclic) bond motifs is 1. The van der Waals surface area contributed by atoms with Crippen LogP contribution in [0.1, 0.15) is 37.9 Å². The van der Waals surface area contributed by atoms with Crippen molar-refractivity contribution < 1.29 is 0 Å². The number of hydrogen-bond acceptors (Lipinski definition) is 5. The van der Waals surface area contributed by atoms with E-state index in [0.717, 1.165) is 48.9 Å². The van der Waals surface area contributed by atoms with E-state index < -0.39 is 0 Å². The van der Waals surface area contributed by atoms with Gasteiger partial charge in [-0.1, -0.05) is 13.8 Å². The van der Waals surface area contributed by atoms with Crippen LogP contribution in [0.3, 0.4) is 0 Å². The topological polar surface area (TPSA) is 63.3 Å². The Morgan fingerprint density at radius 2 is 2.00 bits per heavy atom. The SMILES string of the molecule is CC(C)c1cnc2c(N3CCC3)nc(-c3cnn(C4CNC4)c3)cn12. The number of rotatable bonds is 4.